The van der Waals surface area contributed by atoms with Crippen molar-refractivity contribution in [3.8, 4) is 0 Å². The highest BCUT2D eigenvalue weighted by molar-refractivity contribution is 5.80. The highest BCUT2D eigenvalue weighted by Gasteiger charge is 2.26. The summed E-state index contributed by atoms with van der Waals surface area (Å²) >= 11 is 0. The average Bonchev–Trinajstić information content (AvgIpc) is 2.81. The molecule has 0 rings (SSSR count). The minimum atomic E-state index is -1.84. The lowest BCUT2D eigenvalue weighted by molar-refractivity contribution is -0.201. The number of carboxylic acids is 1. The van der Waals surface area contributed by atoms with E-state index in [-0.39, 0.29) is 12.8 Å². The van der Waals surface area contributed by atoms with Gasteiger partial charge < -0.3 is 14.6 Å². The fraction of sp³-hybridized carbons (Fsp3) is 0.893. The van der Waals surface area contributed by atoms with Gasteiger partial charge in [-0.1, -0.05) is 129 Å². The Labute approximate surface area is 208 Å². The third kappa shape index (κ3) is 22.2. The smallest absolute Gasteiger partial charge is 0.387 e. The Balaban J connectivity index is 3.65. The zero-order chi connectivity index (χ0) is 25.3. The van der Waals surface area contributed by atoms with Crippen LogP contribution in [0.4, 0.5) is 0 Å². The number of esters is 2. The summed E-state index contributed by atoms with van der Waals surface area (Å²) in [7, 11) is 0. The van der Waals surface area contributed by atoms with Crippen molar-refractivity contribution in [1.82, 2.24) is 0 Å². The maximum Gasteiger partial charge on any atom is 0.387 e. The highest BCUT2D eigenvalue weighted by atomic mass is 16.7. The number of aliphatic carboxylic acids is 1. The summed E-state index contributed by atoms with van der Waals surface area (Å²) in [4.78, 5) is 35.0. The fourth-order valence-electron chi connectivity index (χ4n) is 4.00. The Morgan fingerprint density at radius 3 is 1.03 bits per heavy atom. The van der Waals surface area contributed by atoms with E-state index < -0.39 is 24.2 Å². The van der Waals surface area contributed by atoms with E-state index in [4.69, 9.17) is 14.6 Å². The highest BCUT2D eigenvalue weighted by Crippen LogP contribution is 2.14. The number of hydrogen-bond donors (Lipinski definition) is 1. The van der Waals surface area contributed by atoms with Crippen molar-refractivity contribution in [3.05, 3.63) is 0 Å². The van der Waals surface area contributed by atoms with Crippen LogP contribution >= 0.6 is 0 Å². The van der Waals surface area contributed by atoms with Crippen molar-refractivity contribution in [2.24, 2.45) is 0 Å². The molecule has 0 amide bonds. The largest absolute Gasteiger partial charge is 0.476 e. The molecule has 0 fully saturated rings. The van der Waals surface area contributed by atoms with Crippen LogP contribution in [0.1, 0.15) is 155 Å². The van der Waals surface area contributed by atoms with Crippen LogP contribution in [0.2, 0.25) is 0 Å². The van der Waals surface area contributed by atoms with Crippen LogP contribution in [0.15, 0.2) is 0 Å². The number of carbonyl (C=O) groups excluding carboxylic acids is 2. The Hall–Kier alpha value is -1.59. The Bertz CT molecular complexity index is 505. The topological polar surface area (TPSA) is 89.9 Å². The molecule has 6 heteroatoms. The van der Waals surface area contributed by atoms with E-state index in [0.717, 1.165) is 38.5 Å². The van der Waals surface area contributed by atoms with E-state index in [0.29, 0.717) is 12.8 Å². The van der Waals surface area contributed by atoms with Gasteiger partial charge in [-0.05, 0) is 12.8 Å². The number of unbranched alkanes of at least 4 members (excludes halogenated alkanes) is 18. The molecule has 0 aromatic carbocycles. The van der Waals surface area contributed by atoms with E-state index in [1.54, 1.807) is 0 Å². The van der Waals surface area contributed by atoms with Gasteiger partial charge in [-0.2, -0.15) is 0 Å². The molecular formula is C28H52O6. The lowest BCUT2D eigenvalue weighted by Gasteiger charge is -2.14. The van der Waals surface area contributed by atoms with Gasteiger partial charge in [0.15, 0.2) is 0 Å². The molecule has 0 aliphatic rings. The molecule has 0 saturated carbocycles. The number of hydrogen-bond acceptors (Lipinski definition) is 5. The first-order chi connectivity index (χ1) is 16.5. The van der Waals surface area contributed by atoms with Gasteiger partial charge in [0.2, 0.25) is 0 Å². The summed E-state index contributed by atoms with van der Waals surface area (Å²) in [6.07, 6.45) is 21.8. The summed E-state index contributed by atoms with van der Waals surface area (Å²) in [5, 5.41) is 9.16. The van der Waals surface area contributed by atoms with Crippen LogP contribution in [0.25, 0.3) is 0 Å². The molecule has 34 heavy (non-hydrogen) atoms. The second-order valence-corrected chi connectivity index (χ2v) is 9.51. The number of rotatable bonds is 25. The predicted octanol–water partition coefficient (Wildman–Crippen LogP) is 8.11. The molecule has 0 bridgehead atoms. The molecule has 0 heterocycles. The molecule has 1 atom stereocenters. The van der Waals surface area contributed by atoms with E-state index in [9.17, 15) is 14.4 Å². The minimum Gasteiger partial charge on any atom is -0.476 e. The molecule has 1 unspecified atom stereocenters. The molecule has 1 N–H and O–H groups in total. The molecule has 200 valence electrons. The zero-order valence-corrected chi connectivity index (χ0v) is 22.1. The fourth-order valence-corrected chi connectivity index (χ4v) is 4.00. The number of carboxylic acid groups (broad SMARTS) is 1. The molecule has 0 saturated heterocycles. The zero-order valence-electron chi connectivity index (χ0n) is 22.1. The van der Waals surface area contributed by atoms with Crippen molar-refractivity contribution in [3.63, 3.8) is 0 Å². The van der Waals surface area contributed by atoms with Crippen molar-refractivity contribution in [2.75, 3.05) is 0 Å². The van der Waals surface area contributed by atoms with Crippen LogP contribution in [-0.2, 0) is 23.9 Å². The van der Waals surface area contributed by atoms with Gasteiger partial charge in [0.25, 0.3) is 0 Å². The van der Waals surface area contributed by atoms with Gasteiger partial charge in [0, 0.05) is 12.8 Å². The summed E-state index contributed by atoms with van der Waals surface area (Å²) in [5.41, 5.74) is 0. The Kier molecular flexibility index (Phi) is 23.4. The molecule has 0 aromatic rings. The summed E-state index contributed by atoms with van der Waals surface area (Å²) in [6, 6.07) is 0. The molecule has 6 nitrogen and oxygen atoms in total. The summed E-state index contributed by atoms with van der Waals surface area (Å²) < 4.78 is 9.70. The standard InChI is InChI=1S/C28H52O6/c1-3-5-7-9-10-11-12-13-14-15-16-17-18-20-22-24-26(30)34-28(27(31)32)33-25(29)23-21-19-8-6-4-2/h28H,3-24H2,1-2H3,(H,31,32). The second kappa shape index (κ2) is 24.5. The maximum atomic E-state index is 11.9. The van der Waals surface area contributed by atoms with Crippen molar-refractivity contribution < 1.29 is 29.0 Å². The quantitative estimate of drug-likeness (QED) is 0.0799. The minimum absolute atomic E-state index is 0.143. The van der Waals surface area contributed by atoms with E-state index in [1.165, 1.54) is 77.0 Å². The summed E-state index contributed by atoms with van der Waals surface area (Å²) in [5.74, 6) is -2.72. The van der Waals surface area contributed by atoms with Gasteiger partial charge in [0.05, 0.1) is 0 Å². The van der Waals surface area contributed by atoms with Gasteiger partial charge in [0.1, 0.15) is 0 Å². The maximum absolute atomic E-state index is 11.9. The second-order valence-electron chi connectivity index (χ2n) is 9.51. The SMILES string of the molecule is CCCCCCCCCCCCCCCCCC(=O)OC(OC(=O)CCCCCCC)C(=O)O. The first kappa shape index (κ1) is 32.4. The van der Waals surface area contributed by atoms with Crippen LogP contribution in [0.3, 0.4) is 0 Å². The van der Waals surface area contributed by atoms with Crippen LogP contribution in [0, 0.1) is 0 Å². The van der Waals surface area contributed by atoms with Crippen LogP contribution in [0.5, 0.6) is 0 Å². The van der Waals surface area contributed by atoms with Crippen LogP contribution in [-0.4, -0.2) is 29.3 Å². The normalized spacial score (nSPS) is 11.8. The van der Waals surface area contributed by atoms with Crippen molar-refractivity contribution in [2.45, 2.75) is 161 Å². The average molecular weight is 485 g/mol. The predicted molar refractivity (Wildman–Crippen MR) is 137 cm³/mol. The lowest BCUT2D eigenvalue weighted by atomic mass is 10.0. The molecule has 0 radical (unpaired) electrons. The van der Waals surface area contributed by atoms with Crippen molar-refractivity contribution in [1.29, 1.82) is 0 Å². The lowest BCUT2D eigenvalue weighted by Crippen LogP contribution is -2.32. The third-order valence-corrected chi connectivity index (χ3v) is 6.15. The molecule has 0 spiro atoms. The van der Waals surface area contributed by atoms with Crippen molar-refractivity contribution >= 4 is 17.9 Å². The monoisotopic (exact) mass is 484 g/mol. The molecule has 0 aliphatic heterocycles. The van der Waals surface area contributed by atoms with Gasteiger partial charge in [-0.25, -0.2) is 4.79 Å². The summed E-state index contributed by atoms with van der Waals surface area (Å²) in [6.45, 7) is 4.36. The number of ether oxygens (including phenoxy) is 2. The molecule has 0 aromatic heterocycles. The van der Waals surface area contributed by atoms with E-state index in [2.05, 4.69) is 13.8 Å². The van der Waals surface area contributed by atoms with E-state index >= 15 is 0 Å². The van der Waals surface area contributed by atoms with Gasteiger partial charge in [-0.3, -0.25) is 9.59 Å². The third-order valence-electron chi connectivity index (χ3n) is 6.15. The Morgan fingerprint density at radius 1 is 0.500 bits per heavy atom. The molecular weight excluding hydrogens is 432 g/mol. The molecule has 0 aliphatic carbocycles. The van der Waals surface area contributed by atoms with E-state index in [1.807, 2.05) is 0 Å². The van der Waals surface area contributed by atoms with Gasteiger partial charge in [-0.15, -0.1) is 0 Å². The Morgan fingerprint density at radius 2 is 0.765 bits per heavy atom. The first-order valence-electron chi connectivity index (χ1n) is 14.1. The van der Waals surface area contributed by atoms with Crippen LogP contribution < -0.4 is 0 Å². The number of carbonyl (C=O) groups is 3. The first-order valence-corrected chi connectivity index (χ1v) is 14.1. The van der Waals surface area contributed by atoms with Gasteiger partial charge >= 0.3 is 24.2 Å².